The Kier molecular flexibility index (Phi) is 12.7. The first-order valence-electron chi connectivity index (χ1n) is 15.1. The van der Waals surface area contributed by atoms with Gasteiger partial charge in [0.1, 0.15) is 21.8 Å². The van der Waals surface area contributed by atoms with E-state index in [4.69, 9.17) is 17.0 Å². The smallest absolute Gasteiger partial charge is 0.270 e. The number of pyridine rings is 1. The lowest BCUT2D eigenvalue weighted by atomic mass is 10.0. The third-order valence-electron chi connectivity index (χ3n) is 7.77. The van der Waals surface area contributed by atoms with E-state index in [1.54, 1.807) is 16.4 Å². The van der Waals surface area contributed by atoms with Gasteiger partial charge in [-0.1, -0.05) is 88.7 Å². The first-order chi connectivity index (χ1) is 19.2. The Bertz CT molecular complexity index is 1180. The van der Waals surface area contributed by atoms with Crippen molar-refractivity contribution in [2.45, 2.75) is 118 Å². The number of aromatic nitrogens is 1. The maximum atomic E-state index is 13.5. The van der Waals surface area contributed by atoms with Gasteiger partial charge in [0.15, 0.2) is 0 Å². The lowest BCUT2D eigenvalue weighted by Gasteiger charge is -2.39. The molecule has 2 aliphatic heterocycles. The number of thiocarbonyl (C=S) groups is 1. The zero-order valence-corrected chi connectivity index (χ0v) is 26.6. The molecule has 0 aliphatic carbocycles. The van der Waals surface area contributed by atoms with Crippen LogP contribution in [0, 0.1) is 18.3 Å². The Hall–Kier alpha value is -2.15. The summed E-state index contributed by atoms with van der Waals surface area (Å²) in [6, 6.07) is 2.11. The third kappa shape index (κ3) is 7.98. The number of hydrogen-bond donors (Lipinski definition) is 0. The summed E-state index contributed by atoms with van der Waals surface area (Å²) < 4.78 is 8.18. The summed E-state index contributed by atoms with van der Waals surface area (Å²) in [7, 11) is 0. The van der Waals surface area contributed by atoms with Gasteiger partial charge in [-0.2, -0.15) is 5.26 Å². The fourth-order valence-corrected chi connectivity index (χ4v) is 7.00. The van der Waals surface area contributed by atoms with Gasteiger partial charge >= 0.3 is 0 Å². The molecule has 0 spiro atoms. The molecule has 3 rings (SSSR count). The molecule has 220 valence electrons. The molecule has 2 saturated heterocycles. The van der Waals surface area contributed by atoms with Crippen LogP contribution in [0.15, 0.2) is 9.70 Å². The van der Waals surface area contributed by atoms with Gasteiger partial charge in [0.2, 0.25) is 0 Å². The highest BCUT2D eigenvalue weighted by atomic mass is 32.2. The van der Waals surface area contributed by atoms with Crippen molar-refractivity contribution in [3.63, 3.8) is 0 Å². The van der Waals surface area contributed by atoms with Crippen molar-refractivity contribution in [1.29, 1.82) is 5.26 Å². The highest BCUT2D eigenvalue weighted by molar-refractivity contribution is 8.26. The molecule has 0 bridgehead atoms. The second kappa shape index (κ2) is 15.7. The minimum Gasteiger partial charge on any atom is -0.372 e. The van der Waals surface area contributed by atoms with Gasteiger partial charge in [0, 0.05) is 31.7 Å². The number of carbonyl (C=O) groups is 1. The minimum absolute atomic E-state index is 0.00720. The predicted molar refractivity (Wildman–Crippen MR) is 170 cm³/mol. The van der Waals surface area contributed by atoms with E-state index < -0.39 is 0 Å². The molecule has 0 radical (unpaired) electrons. The summed E-state index contributed by atoms with van der Waals surface area (Å²) in [6.45, 7) is 12.3. The van der Waals surface area contributed by atoms with Gasteiger partial charge in [-0.3, -0.25) is 19.1 Å². The van der Waals surface area contributed by atoms with E-state index in [-0.39, 0.29) is 29.2 Å². The molecule has 2 atom stereocenters. The average molecular weight is 587 g/mol. The van der Waals surface area contributed by atoms with Crippen LogP contribution in [0.5, 0.6) is 0 Å². The molecule has 0 N–H and O–H groups in total. The normalized spacial score (nSPS) is 20.6. The number of amides is 1. The second-order valence-electron chi connectivity index (χ2n) is 11.1. The van der Waals surface area contributed by atoms with E-state index in [2.05, 4.69) is 17.9 Å². The van der Waals surface area contributed by atoms with Crippen molar-refractivity contribution >= 4 is 46.1 Å². The molecule has 7 nitrogen and oxygen atoms in total. The van der Waals surface area contributed by atoms with E-state index in [0.717, 1.165) is 24.2 Å². The molecule has 2 unspecified atom stereocenters. The number of ether oxygens (including phenoxy) is 1. The largest absolute Gasteiger partial charge is 0.372 e. The number of nitriles is 1. The van der Waals surface area contributed by atoms with Gasteiger partial charge in [-0.25, -0.2) is 0 Å². The number of morpholine rings is 1. The fraction of sp³-hybridized carbons (Fsp3) is 0.677. The van der Waals surface area contributed by atoms with E-state index in [0.29, 0.717) is 41.0 Å². The molecule has 2 fully saturated rings. The van der Waals surface area contributed by atoms with Crippen LogP contribution in [0.1, 0.15) is 109 Å². The van der Waals surface area contributed by atoms with Crippen LogP contribution >= 0.6 is 24.0 Å². The first kappa shape index (κ1) is 32.4. The molecule has 0 saturated carbocycles. The van der Waals surface area contributed by atoms with Gasteiger partial charge in [-0.15, -0.1) is 0 Å². The molecule has 3 heterocycles. The minimum atomic E-state index is -0.296. The van der Waals surface area contributed by atoms with Gasteiger partial charge in [0.25, 0.3) is 11.5 Å². The number of hydrogen-bond acceptors (Lipinski definition) is 7. The first-order valence-corrected chi connectivity index (χ1v) is 16.3. The van der Waals surface area contributed by atoms with Crippen molar-refractivity contribution < 1.29 is 9.53 Å². The molecule has 1 aromatic rings. The predicted octanol–water partition coefficient (Wildman–Crippen LogP) is 6.78. The van der Waals surface area contributed by atoms with Gasteiger partial charge in [-0.05, 0) is 45.8 Å². The Labute approximate surface area is 249 Å². The summed E-state index contributed by atoms with van der Waals surface area (Å²) in [4.78, 5) is 31.2. The fourth-order valence-electron chi connectivity index (χ4n) is 5.71. The summed E-state index contributed by atoms with van der Waals surface area (Å²) in [5.41, 5.74) is 1.15. The van der Waals surface area contributed by atoms with Crippen LogP contribution in [0.3, 0.4) is 0 Å². The second-order valence-corrected chi connectivity index (χ2v) is 12.8. The van der Waals surface area contributed by atoms with Crippen LogP contribution in [0.25, 0.3) is 6.08 Å². The number of rotatable bonds is 14. The van der Waals surface area contributed by atoms with Crippen molar-refractivity contribution in [3.05, 3.63) is 31.9 Å². The average Bonchev–Trinajstić information content (AvgIpc) is 3.18. The molecular formula is C31H46N4O3S2. The number of anilines is 1. The lowest BCUT2D eigenvalue weighted by molar-refractivity contribution is -0.122. The Balaban J connectivity index is 1.76. The van der Waals surface area contributed by atoms with Gasteiger partial charge in [0.05, 0.1) is 17.1 Å². The van der Waals surface area contributed by atoms with E-state index >= 15 is 0 Å². The molecule has 1 amide bonds. The summed E-state index contributed by atoms with van der Waals surface area (Å²) in [5, 5.41) is 9.83. The molecule has 2 aliphatic rings. The quantitative estimate of drug-likeness (QED) is 0.135. The topological polar surface area (TPSA) is 78.6 Å². The van der Waals surface area contributed by atoms with E-state index in [9.17, 15) is 14.9 Å². The molecular weight excluding hydrogens is 541 g/mol. The number of thioether (sulfide) groups is 1. The maximum absolute atomic E-state index is 13.5. The molecule has 1 aromatic heterocycles. The highest BCUT2D eigenvalue weighted by Gasteiger charge is 2.34. The van der Waals surface area contributed by atoms with Gasteiger partial charge < -0.3 is 9.64 Å². The number of unbranched alkanes of at least 4 members (excludes halogenated alkanes) is 9. The number of carbonyl (C=O) groups excluding carboxylic acids is 1. The maximum Gasteiger partial charge on any atom is 0.270 e. The highest BCUT2D eigenvalue weighted by Crippen LogP contribution is 2.36. The standard InChI is InChI=1S/C31H46N4O3S2/c1-6-8-9-10-11-12-13-14-15-16-17-35-30(37)27(40-31(35)39)18-25-24(5)26(19-32)29(36)34(7-2)28(25)33-20-22(3)38-23(4)21-33/h18,22-23H,6-17,20-21H2,1-5H3/b27-18+. The zero-order chi connectivity index (χ0) is 29.2. The SMILES string of the molecule is CCCCCCCCCCCCN1C(=O)/C(=C\c2c(C)c(C#N)c(=O)n(CC)c2N2CC(C)OC(C)C2)SC1=S. The summed E-state index contributed by atoms with van der Waals surface area (Å²) >= 11 is 6.92. The van der Waals surface area contributed by atoms with Crippen LogP contribution in [0.4, 0.5) is 5.82 Å². The lowest BCUT2D eigenvalue weighted by Crippen LogP contribution is -2.48. The molecule has 0 aromatic carbocycles. The Morgan fingerprint density at radius 1 is 1.00 bits per heavy atom. The van der Waals surface area contributed by atoms with Crippen molar-refractivity contribution in [1.82, 2.24) is 9.47 Å². The summed E-state index contributed by atoms with van der Waals surface area (Å²) in [6.07, 6.45) is 14.2. The zero-order valence-electron chi connectivity index (χ0n) is 25.0. The Morgan fingerprint density at radius 3 is 2.12 bits per heavy atom. The van der Waals surface area contributed by atoms with Crippen molar-refractivity contribution in [2.24, 2.45) is 0 Å². The van der Waals surface area contributed by atoms with Crippen LogP contribution in [-0.4, -0.2) is 51.5 Å². The van der Waals surface area contributed by atoms with Crippen LogP contribution < -0.4 is 10.5 Å². The third-order valence-corrected chi connectivity index (χ3v) is 9.14. The molecule has 40 heavy (non-hydrogen) atoms. The van der Waals surface area contributed by atoms with Crippen molar-refractivity contribution in [3.8, 4) is 6.07 Å². The number of nitrogens with zero attached hydrogens (tertiary/aromatic N) is 4. The van der Waals surface area contributed by atoms with Crippen molar-refractivity contribution in [2.75, 3.05) is 24.5 Å². The van der Waals surface area contributed by atoms with E-state index in [1.807, 2.05) is 26.8 Å². The monoisotopic (exact) mass is 586 g/mol. The van der Waals surface area contributed by atoms with Crippen LogP contribution in [0.2, 0.25) is 0 Å². The Morgan fingerprint density at radius 2 is 1.57 bits per heavy atom. The van der Waals surface area contributed by atoms with E-state index in [1.165, 1.54) is 63.1 Å². The van der Waals surface area contributed by atoms with Crippen LogP contribution in [-0.2, 0) is 16.1 Å². The summed E-state index contributed by atoms with van der Waals surface area (Å²) in [5.74, 6) is 0.652. The molecule has 9 heteroatoms.